The SMILES string of the molecule is NC1(C(=O)N2CCC3(CC2)OCCc2cc(-c4ccccc4)sc23)CC1. The Balaban J connectivity index is 1.40. The molecule has 1 saturated heterocycles. The summed E-state index contributed by atoms with van der Waals surface area (Å²) in [4.78, 5) is 17.2. The minimum Gasteiger partial charge on any atom is -0.369 e. The van der Waals surface area contributed by atoms with E-state index in [0.29, 0.717) is 0 Å². The summed E-state index contributed by atoms with van der Waals surface area (Å²) < 4.78 is 6.35. The molecule has 5 rings (SSSR count). The Labute approximate surface area is 158 Å². The normalized spacial score (nSPS) is 22.9. The van der Waals surface area contributed by atoms with Crippen molar-refractivity contribution in [3.63, 3.8) is 0 Å². The Kier molecular flexibility index (Phi) is 3.75. The van der Waals surface area contributed by atoms with Crippen molar-refractivity contribution in [2.45, 2.75) is 43.2 Å². The van der Waals surface area contributed by atoms with Crippen LogP contribution >= 0.6 is 11.3 Å². The van der Waals surface area contributed by atoms with Gasteiger partial charge in [-0.3, -0.25) is 4.79 Å². The lowest BCUT2D eigenvalue weighted by Gasteiger charge is -2.44. The molecule has 4 nitrogen and oxygen atoms in total. The first-order valence-electron chi connectivity index (χ1n) is 9.51. The fraction of sp³-hybridized carbons (Fsp3) is 0.476. The van der Waals surface area contributed by atoms with Gasteiger partial charge in [-0.1, -0.05) is 30.3 Å². The molecule has 0 radical (unpaired) electrons. The summed E-state index contributed by atoms with van der Waals surface area (Å²) in [6.07, 6.45) is 4.39. The Bertz CT molecular complexity index is 833. The lowest BCUT2D eigenvalue weighted by Crippen LogP contribution is -2.52. The van der Waals surface area contributed by atoms with E-state index < -0.39 is 5.54 Å². The number of nitrogens with zero attached hydrogens (tertiary/aromatic N) is 1. The third-order valence-electron chi connectivity index (χ3n) is 6.10. The number of thiophene rings is 1. The van der Waals surface area contributed by atoms with E-state index in [0.717, 1.165) is 51.8 Å². The van der Waals surface area contributed by atoms with E-state index >= 15 is 0 Å². The number of carbonyl (C=O) groups excluding carboxylic acids is 1. The molecular formula is C21H24N2O2S. The molecule has 0 atom stereocenters. The molecular weight excluding hydrogens is 344 g/mol. The number of hydrogen-bond donors (Lipinski definition) is 1. The third kappa shape index (κ3) is 2.61. The predicted molar refractivity (Wildman–Crippen MR) is 103 cm³/mol. The molecule has 3 aliphatic rings. The number of carbonyl (C=O) groups is 1. The van der Waals surface area contributed by atoms with Gasteiger partial charge in [0.15, 0.2) is 0 Å². The van der Waals surface area contributed by atoms with Crippen LogP contribution in [0.15, 0.2) is 36.4 Å². The van der Waals surface area contributed by atoms with Crippen LogP contribution in [0.5, 0.6) is 0 Å². The van der Waals surface area contributed by atoms with Crippen molar-refractivity contribution >= 4 is 17.2 Å². The second-order valence-electron chi connectivity index (χ2n) is 7.87. The molecule has 1 aliphatic carbocycles. The second kappa shape index (κ2) is 5.91. The highest BCUT2D eigenvalue weighted by atomic mass is 32.1. The summed E-state index contributed by atoms with van der Waals surface area (Å²) in [6.45, 7) is 2.26. The zero-order valence-electron chi connectivity index (χ0n) is 14.9. The van der Waals surface area contributed by atoms with Gasteiger partial charge in [-0.2, -0.15) is 0 Å². The van der Waals surface area contributed by atoms with Gasteiger partial charge in [0.1, 0.15) is 5.60 Å². The molecule has 5 heteroatoms. The van der Waals surface area contributed by atoms with Crippen molar-refractivity contribution in [3.8, 4) is 10.4 Å². The first-order chi connectivity index (χ1) is 12.6. The van der Waals surface area contributed by atoms with Crippen LogP contribution in [0.3, 0.4) is 0 Å². The molecule has 136 valence electrons. The number of hydrogen-bond acceptors (Lipinski definition) is 4. The fourth-order valence-corrected chi connectivity index (χ4v) is 5.69. The highest BCUT2D eigenvalue weighted by Crippen LogP contribution is 2.48. The minimum absolute atomic E-state index is 0.138. The van der Waals surface area contributed by atoms with Crippen molar-refractivity contribution in [3.05, 3.63) is 46.8 Å². The molecule has 1 aromatic carbocycles. The van der Waals surface area contributed by atoms with Crippen LogP contribution in [-0.4, -0.2) is 36.0 Å². The smallest absolute Gasteiger partial charge is 0.242 e. The van der Waals surface area contributed by atoms with Gasteiger partial charge in [-0.05, 0) is 49.3 Å². The average molecular weight is 369 g/mol. The Morgan fingerprint density at radius 2 is 1.85 bits per heavy atom. The van der Waals surface area contributed by atoms with Crippen LogP contribution in [0, 0.1) is 0 Å². The maximum Gasteiger partial charge on any atom is 0.242 e. The average Bonchev–Trinajstić information content (AvgIpc) is 3.27. The molecule has 2 aromatic rings. The van der Waals surface area contributed by atoms with Crippen molar-refractivity contribution in [1.82, 2.24) is 4.90 Å². The van der Waals surface area contributed by atoms with Crippen LogP contribution < -0.4 is 5.73 Å². The fourth-order valence-electron chi connectivity index (χ4n) is 4.27. The summed E-state index contributed by atoms with van der Waals surface area (Å²) in [6, 6.07) is 12.9. The summed E-state index contributed by atoms with van der Waals surface area (Å²) >= 11 is 1.87. The largest absolute Gasteiger partial charge is 0.369 e. The van der Waals surface area contributed by atoms with Crippen LogP contribution in [0.25, 0.3) is 10.4 Å². The highest BCUT2D eigenvalue weighted by Gasteiger charge is 2.50. The molecule has 1 aromatic heterocycles. The molecule has 26 heavy (non-hydrogen) atoms. The van der Waals surface area contributed by atoms with Crippen LogP contribution in [0.2, 0.25) is 0 Å². The van der Waals surface area contributed by atoms with Gasteiger partial charge in [0.05, 0.1) is 12.1 Å². The molecule has 0 unspecified atom stereocenters. The number of benzene rings is 1. The van der Waals surface area contributed by atoms with Gasteiger partial charge in [0.2, 0.25) is 5.91 Å². The highest BCUT2D eigenvalue weighted by molar-refractivity contribution is 7.15. The van der Waals surface area contributed by atoms with Gasteiger partial charge in [0, 0.05) is 22.8 Å². The van der Waals surface area contributed by atoms with Crippen LogP contribution in [0.1, 0.15) is 36.1 Å². The quantitative estimate of drug-likeness (QED) is 0.885. The second-order valence-corrected chi connectivity index (χ2v) is 8.92. The molecule has 2 N–H and O–H groups in total. The number of rotatable bonds is 2. The topological polar surface area (TPSA) is 55.6 Å². The summed E-state index contributed by atoms with van der Waals surface area (Å²) in [5.41, 5.74) is 8.04. The van der Waals surface area contributed by atoms with Gasteiger partial charge in [-0.15, -0.1) is 11.3 Å². The van der Waals surface area contributed by atoms with Gasteiger partial charge in [0.25, 0.3) is 0 Å². The Hall–Kier alpha value is -1.69. The molecule has 1 saturated carbocycles. The lowest BCUT2D eigenvalue weighted by molar-refractivity contribution is -0.142. The maximum atomic E-state index is 12.6. The number of amides is 1. The molecule has 0 bridgehead atoms. The van der Waals surface area contributed by atoms with Crippen molar-refractivity contribution in [2.24, 2.45) is 5.73 Å². The zero-order chi connectivity index (χ0) is 17.8. The van der Waals surface area contributed by atoms with Crippen LogP contribution in [0.4, 0.5) is 0 Å². The van der Waals surface area contributed by atoms with E-state index in [-0.39, 0.29) is 11.5 Å². The Morgan fingerprint density at radius 1 is 1.12 bits per heavy atom. The molecule has 1 amide bonds. The number of piperidine rings is 1. The van der Waals surface area contributed by atoms with E-state index in [1.54, 1.807) is 0 Å². The monoisotopic (exact) mass is 368 g/mol. The van der Waals surface area contributed by atoms with E-state index in [1.807, 2.05) is 16.2 Å². The summed E-state index contributed by atoms with van der Waals surface area (Å²) in [7, 11) is 0. The van der Waals surface area contributed by atoms with E-state index in [1.165, 1.54) is 20.9 Å². The van der Waals surface area contributed by atoms with Crippen molar-refractivity contribution < 1.29 is 9.53 Å². The third-order valence-corrected chi connectivity index (χ3v) is 7.52. The maximum absolute atomic E-state index is 12.6. The summed E-state index contributed by atoms with van der Waals surface area (Å²) in [5, 5.41) is 0. The molecule has 3 heterocycles. The minimum atomic E-state index is -0.563. The van der Waals surface area contributed by atoms with Gasteiger partial charge >= 0.3 is 0 Å². The summed E-state index contributed by atoms with van der Waals surface area (Å²) in [5.74, 6) is 0.138. The number of likely N-dealkylation sites (tertiary alicyclic amines) is 1. The van der Waals surface area contributed by atoms with Crippen molar-refractivity contribution in [2.75, 3.05) is 19.7 Å². The van der Waals surface area contributed by atoms with E-state index in [2.05, 4.69) is 36.4 Å². The molecule has 1 spiro atoms. The first kappa shape index (κ1) is 16.5. The lowest BCUT2D eigenvalue weighted by atomic mass is 9.85. The predicted octanol–water partition coefficient (Wildman–Crippen LogP) is 3.30. The van der Waals surface area contributed by atoms with Gasteiger partial charge in [-0.25, -0.2) is 0 Å². The van der Waals surface area contributed by atoms with E-state index in [9.17, 15) is 4.79 Å². The van der Waals surface area contributed by atoms with Crippen molar-refractivity contribution in [1.29, 1.82) is 0 Å². The number of nitrogens with two attached hydrogens (primary N) is 1. The number of fused-ring (bicyclic) bond motifs is 2. The van der Waals surface area contributed by atoms with Crippen LogP contribution in [-0.2, 0) is 21.6 Å². The molecule has 2 fully saturated rings. The first-order valence-corrected chi connectivity index (χ1v) is 10.3. The van der Waals surface area contributed by atoms with Gasteiger partial charge < -0.3 is 15.4 Å². The molecule has 2 aliphatic heterocycles. The Morgan fingerprint density at radius 3 is 2.54 bits per heavy atom. The van der Waals surface area contributed by atoms with E-state index in [4.69, 9.17) is 10.5 Å². The number of ether oxygens (including phenoxy) is 1. The standard InChI is InChI=1S/C21H24N2O2S/c22-20(7-8-20)19(24)23-11-9-21(10-12-23)18-16(6-13-25-21)14-17(26-18)15-4-2-1-3-5-15/h1-5,14H,6-13,22H2. The zero-order valence-corrected chi connectivity index (χ0v) is 15.7.